The van der Waals surface area contributed by atoms with Gasteiger partial charge in [0.1, 0.15) is 17.3 Å². The topological polar surface area (TPSA) is 53.1 Å². The van der Waals surface area contributed by atoms with Crippen LogP contribution in [-0.2, 0) is 10.0 Å². The molecule has 2 aromatic carbocycles. The molecule has 0 aromatic heterocycles. The first-order chi connectivity index (χ1) is 13.4. The fourth-order valence-corrected chi connectivity index (χ4v) is 5.27. The minimum absolute atomic E-state index is 0. The maximum atomic E-state index is 14.2. The number of nitrogens with zero attached hydrogens (tertiary/aromatic N) is 3. The minimum atomic E-state index is -4.09. The van der Waals surface area contributed by atoms with E-state index in [0.29, 0.717) is 16.5 Å². The van der Waals surface area contributed by atoms with Gasteiger partial charge in [-0.25, -0.2) is 12.8 Å². The van der Waals surface area contributed by atoms with Gasteiger partial charge in [0.15, 0.2) is 5.75 Å². The quantitative estimate of drug-likeness (QED) is 0.701. The minimum Gasteiger partial charge on any atom is -0.487 e. The van der Waals surface area contributed by atoms with Crippen LogP contribution in [0, 0.1) is 5.82 Å². The first-order valence-electron chi connectivity index (χ1n) is 9.05. The van der Waals surface area contributed by atoms with Crippen LogP contribution in [0.1, 0.15) is 0 Å². The third-order valence-electron chi connectivity index (χ3n) is 5.07. The van der Waals surface area contributed by atoms with Crippen LogP contribution in [0.4, 0.5) is 15.8 Å². The highest BCUT2D eigenvalue weighted by atomic mass is 35.5. The average Bonchev–Trinajstić information content (AvgIpc) is 2.67. The molecule has 1 fully saturated rings. The van der Waals surface area contributed by atoms with E-state index in [1.165, 1.54) is 22.5 Å². The van der Waals surface area contributed by atoms with Crippen molar-refractivity contribution in [2.24, 2.45) is 0 Å². The largest absolute Gasteiger partial charge is 0.487 e. The predicted octanol–water partition coefficient (Wildman–Crippen LogP) is 3.24. The number of piperazine rings is 1. The molecule has 0 atom stereocenters. The first-order valence-corrected chi connectivity index (χ1v) is 10.9. The molecule has 10 heteroatoms. The lowest BCUT2D eigenvalue weighted by molar-refractivity contribution is 0.301. The van der Waals surface area contributed by atoms with E-state index in [-0.39, 0.29) is 30.5 Å². The summed E-state index contributed by atoms with van der Waals surface area (Å²) >= 11 is 6.33. The molecule has 6 nitrogen and oxygen atoms in total. The molecule has 0 unspecified atom stereocenters. The number of sulfonamides is 1. The number of likely N-dealkylation sites (N-methyl/N-ethyl adjacent to an activating group) is 1. The third-order valence-corrected chi connectivity index (χ3v) is 7.14. The summed E-state index contributed by atoms with van der Waals surface area (Å²) in [6, 6.07) is 8.74. The molecule has 0 radical (unpaired) electrons. The van der Waals surface area contributed by atoms with E-state index in [1.807, 2.05) is 0 Å². The number of hydrogen-bond acceptors (Lipinski definition) is 5. The lowest BCUT2D eigenvalue weighted by atomic mass is 10.2. The smallest absolute Gasteiger partial charge is 0.267 e. The highest BCUT2D eigenvalue weighted by Crippen LogP contribution is 2.45. The van der Waals surface area contributed by atoms with Gasteiger partial charge in [-0.2, -0.15) is 0 Å². The summed E-state index contributed by atoms with van der Waals surface area (Å²) in [4.78, 5) is 4.01. The van der Waals surface area contributed by atoms with E-state index in [2.05, 4.69) is 16.8 Å². The van der Waals surface area contributed by atoms with Gasteiger partial charge >= 0.3 is 0 Å². The monoisotopic (exact) mass is 461 g/mol. The standard InChI is InChI=1S/C19H21ClFN3O3S.ClH/c1-22-6-8-23(9-7-22)16-12-14(20)13-17-19(16)27-11-10-24(17)28(25,26)18-5-3-2-4-15(18)21;/h2-5,12-13H,6-11H2,1H3;1H. The molecule has 0 saturated carbocycles. The molecule has 2 aliphatic rings. The summed E-state index contributed by atoms with van der Waals surface area (Å²) < 4.78 is 47.6. The number of rotatable bonds is 3. The van der Waals surface area contributed by atoms with Gasteiger partial charge < -0.3 is 14.5 Å². The Morgan fingerprint density at radius 2 is 1.69 bits per heavy atom. The van der Waals surface area contributed by atoms with Crippen molar-refractivity contribution in [1.29, 1.82) is 0 Å². The maximum absolute atomic E-state index is 14.2. The molecule has 0 N–H and O–H groups in total. The summed E-state index contributed by atoms with van der Waals surface area (Å²) in [6.07, 6.45) is 0. The van der Waals surface area contributed by atoms with E-state index in [4.69, 9.17) is 16.3 Å². The van der Waals surface area contributed by atoms with Crippen molar-refractivity contribution < 1.29 is 17.5 Å². The summed E-state index contributed by atoms with van der Waals surface area (Å²) in [5.41, 5.74) is 1.11. The molecule has 4 rings (SSSR count). The van der Waals surface area contributed by atoms with Crippen molar-refractivity contribution in [3.05, 3.63) is 47.2 Å². The molecular weight excluding hydrogens is 440 g/mol. The molecule has 0 amide bonds. The zero-order valence-corrected chi connectivity index (χ0v) is 18.2. The number of halogens is 3. The van der Waals surface area contributed by atoms with Gasteiger partial charge in [0.25, 0.3) is 10.0 Å². The Balaban J connectivity index is 0.00000240. The summed E-state index contributed by atoms with van der Waals surface area (Å²) in [6.45, 7) is 3.62. The Kier molecular flexibility index (Phi) is 6.48. The number of hydrogen-bond donors (Lipinski definition) is 0. The van der Waals surface area contributed by atoms with Crippen LogP contribution in [0.15, 0.2) is 41.3 Å². The van der Waals surface area contributed by atoms with E-state index >= 15 is 0 Å². The second-order valence-electron chi connectivity index (χ2n) is 6.92. The second kappa shape index (κ2) is 8.55. The van der Waals surface area contributed by atoms with Crippen LogP contribution in [0.25, 0.3) is 0 Å². The first kappa shape index (κ1) is 22.0. The highest BCUT2D eigenvalue weighted by Gasteiger charge is 2.34. The lowest BCUT2D eigenvalue weighted by Gasteiger charge is -2.38. The van der Waals surface area contributed by atoms with Crippen LogP contribution in [0.2, 0.25) is 5.02 Å². The van der Waals surface area contributed by atoms with Crippen LogP contribution >= 0.6 is 24.0 Å². The van der Waals surface area contributed by atoms with Gasteiger partial charge in [-0.1, -0.05) is 23.7 Å². The van der Waals surface area contributed by atoms with Crippen LogP contribution in [0.3, 0.4) is 0 Å². The molecule has 0 aliphatic carbocycles. The van der Waals surface area contributed by atoms with Gasteiger partial charge in [0, 0.05) is 31.2 Å². The van der Waals surface area contributed by atoms with Crippen molar-refractivity contribution in [2.75, 3.05) is 55.6 Å². The number of anilines is 2. The molecule has 1 saturated heterocycles. The molecular formula is C19H22Cl2FN3O3S. The molecule has 158 valence electrons. The van der Waals surface area contributed by atoms with Gasteiger partial charge in [-0.15, -0.1) is 12.4 Å². The number of ether oxygens (including phenoxy) is 1. The lowest BCUT2D eigenvalue weighted by Crippen LogP contribution is -2.45. The van der Waals surface area contributed by atoms with Gasteiger partial charge in [-0.3, -0.25) is 4.31 Å². The Morgan fingerprint density at radius 1 is 1.03 bits per heavy atom. The fraction of sp³-hybridized carbons (Fsp3) is 0.368. The van der Waals surface area contributed by atoms with E-state index < -0.39 is 15.8 Å². The summed E-state index contributed by atoms with van der Waals surface area (Å²) in [7, 11) is -2.03. The Bertz CT molecular complexity index is 998. The summed E-state index contributed by atoms with van der Waals surface area (Å²) in [5.74, 6) is -0.308. The molecule has 0 bridgehead atoms. The van der Waals surface area contributed by atoms with Crippen molar-refractivity contribution in [3.63, 3.8) is 0 Å². The van der Waals surface area contributed by atoms with Crippen LogP contribution < -0.4 is 13.9 Å². The SMILES string of the molecule is CN1CCN(c2cc(Cl)cc3c2OCCN3S(=O)(=O)c2ccccc2F)CC1.Cl. The molecule has 0 spiro atoms. The van der Waals surface area contributed by atoms with Gasteiger partial charge in [-0.05, 0) is 31.3 Å². The number of fused-ring (bicyclic) bond motifs is 1. The van der Waals surface area contributed by atoms with E-state index in [1.54, 1.807) is 12.1 Å². The zero-order valence-electron chi connectivity index (χ0n) is 15.8. The van der Waals surface area contributed by atoms with Gasteiger partial charge in [0.2, 0.25) is 0 Å². The molecule has 2 heterocycles. The van der Waals surface area contributed by atoms with Crippen molar-refractivity contribution >= 4 is 45.4 Å². The van der Waals surface area contributed by atoms with Crippen LogP contribution in [0.5, 0.6) is 5.75 Å². The highest BCUT2D eigenvalue weighted by molar-refractivity contribution is 7.92. The Hall–Kier alpha value is -1.74. The van der Waals surface area contributed by atoms with E-state index in [9.17, 15) is 12.8 Å². The zero-order chi connectivity index (χ0) is 19.9. The normalized spacial score (nSPS) is 17.3. The van der Waals surface area contributed by atoms with Crippen molar-refractivity contribution in [2.45, 2.75) is 4.90 Å². The second-order valence-corrected chi connectivity index (χ2v) is 9.19. The van der Waals surface area contributed by atoms with Crippen molar-refractivity contribution in [1.82, 2.24) is 4.90 Å². The van der Waals surface area contributed by atoms with Crippen molar-refractivity contribution in [3.8, 4) is 5.75 Å². The average molecular weight is 462 g/mol. The molecule has 29 heavy (non-hydrogen) atoms. The summed E-state index contributed by atoms with van der Waals surface area (Å²) in [5, 5.41) is 0.409. The third kappa shape index (κ3) is 4.12. The van der Waals surface area contributed by atoms with Gasteiger partial charge in [0.05, 0.1) is 17.9 Å². The fourth-order valence-electron chi connectivity index (χ4n) is 3.55. The van der Waals surface area contributed by atoms with E-state index in [0.717, 1.165) is 37.9 Å². The van der Waals surface area contributed by atoms with Crippen LogP contribution in [-0.4, -0.2) is 59.7 Å². The maximum Gasteiger partial charge on any atom is 0.267 e. The predicted molar refractivity (Wildman–Crippen MR) is 115 cm³/mol. The molecule has 2 aromatic rings. The Labute approximate surface area is 181 Å². The Morgan fingerprint density at radius 3 is 2.38 bits per heavy atom. The molecule has 2 aliphatic heterocycles. The number of benzene rings is 2.